The topological polar surface area (TPSA) is 136 Å². The lowest BCUT2D eigenvalue weighted by Crippen LogP contribution is -2.48. The molecule has 0 aromatic heterocycles. The zero-order valence-corrected chi connectivity index (χ0v) is 30.2. The summed E-state index contributed by atoms with van der Waals surface area (Å²) in [5.74, 6) is -0.725. The molecule has 11 heteroatoms. The van der Waals surface area contributed by atoms with Crippen LogP contribution in [-0.4, -0.2) is 72.0 Å². The summed E-state index contributed by atoms with van der Waals surface area (Å²) in [4.78, 5) is 39.3. The van der Waals surface area contributed by atoms with E-state index >= 15 is 0 Å². The SMILES string of the molecule is CCOC(=O)CNC(=O)NCc1ccccc1-c1ccc(C2OC(CN3CCCC3C(=O)OC(C)(C)C)C(C)C(c3ccc(CO)cc3)O2)cc1. The third kappa shape index (κ3) is 10.2. The van der Waals surface area contributed by atoms with Crippen LogP contribution in [0.25, 0.3) is 11.1 Å². The number of benzene rings is 3. The van der Waals surface area contributed by atoms with Crippen molar-refractivity contribution < 1.29 is 38.4 Å². The normalized spacial score (nSPS) is 22.3. The van der Waals surface area contributed by atoms with E-state index in [-0.39, 0.29) is 56.4 Å². The van der Waals surface area contributed by atoms with Crippen LogP contribution in [0.15, 0.2) is 72.8 Å². The van der Waals surface area contributed by atoms with Gasteiger partial charge in [0.25, 0.3) is 0 Å². The van der Waals surface area contributed by atoms with E-state index in [0.29, 0.717) is 6.54 Å². The number of carbonyl (C=O) groups excluding carboxylic acids is 3. The van der Waals surface area contributed by atoms with Crippen molar-refractivity contribution in [3.8, 4) is 11.1 Å². The van der Waals surface area contributed by atoms with Crippen molar-refractivity contribution in [3.05, 3.63) is 95.1 Å². The molecule has 0 saturated carbocycles. The fourth-order valence-corrected chi connectivity index (χ4v) is 6.62. The average Bonchev–Trinajstić information content (AvgIpc) is 3.59. The van der Waals surface area contributed by atoms with Crippen LogP contribution in [0.3, 0.4) is 0 Å². The van der Waals surface area contributed by atoms with E-state index in [0.717, 1.165) is 52.8 Å². The van der Waals surface area contributed by atoms with Crippen molar-refractivity contribution in [1.29, 1.82) is 0 Å². The number of likely N-dealkylation sites (tertiary alicyclic amines) is 1. The maximum atomic E-state index is 13.2. The summed E-state index contributed by atoms with van der Waals surface area (Å²) in [6.07, 6.45) is 0.471. The standard InChI is InChI=1S/C40H51N3O8/c1-6-48-35(45)23-42-39(47)41-22-31-10-7-8-11-32(31)28-17-19-30(20-18-28)38-49-34(24-43-21-9-12-33(43)37(46)51-40(3,4)5)26(2)36(50-38)29-15-13-27(25-44)14-16-29/h7-8,10-11,13-20,26,33-34,36,38,44H,6,9,12,21-25H2,1-5H3,(H2,41,42,47). The Bertz CT molecular complexity index is 1620. The molecule has 2 heterocycles. The van der Waals surface area contributed by atoms with E-state index in [1.54, 1.807) is 6.92 Å². The zero-order chi connectivity index (χ0) is 36.5. The third-order valence-electron chi connectivity index (χ3n) is 9.23. The van der Waals surface area contributed by atoms with Crippen molar-refractivity contribution in [3.63, 3.8) is 0 Å². The fourth-order valence-electron chi connectivity index (χ4n) is 6.62. The summed E-state index contributed by atoms with van der Waals surface area (Å²) in [5.41, 5.74) is 4.93. The molecule has 2 aliphatic rings. The third-order valence-corrected chi connectivity index (χ3v) is 9.23. The molecule has 5 atom stereocenters. The molecule has 51 heavy (non-hydrogen) atoms. The van der Waals surface area contributed by atoms with Gasteiger partial charge < -0.3 is 34.7 Å². The van der Waals surface area contributed by atoms with Crippen molar-refractivity contribution >= 4 is 18.0 Å². The number of amides is 2. The van der Waals surface area contributed by atoms with E-state index < -0.39 is 23.9 Å². The Hall–Kier alpha value is -4.29. The summed E-state index contributed by atoms with van der Waals surface area (Å²) in [6, 6.07) is 22.9. The maximum absolute atomic E-state index is 13.2. The molecule has 2 fully saturated rings. The number of aliphatic hydroxyl groups excluding tert-OH is 1. The minimum Gasteiger partial charge on any atom is -0.465 e. The van der Waals surface area contributed by atoms with Gasteiger partial charge in [0.05, 0.1) is 25.4 Å². The lowest BCUT2D eigenvalue weighted by molar-refractivity contribution is -0.276. The van der Waals surface area contributed by atoms with Crippen molar-refractivity contribution in [2.75, 3.05) is 26.2 Å². The van der Waals surface area contributed by atoms with Gasteiger partial charge in [0.15, 0.2) is 6.29 Å². The number of nitrogens with zero attached hydrogens (tertiary/aromatic N) is 1. The molecular formula is C40H51N3O8. The first-order valence-electron chi connectivity index (χ1n) is 17.8. The number of hydrogen-bond acceptors (Lipinski definition) is 9. The molecule has 5 unspecified atom stereocenters. The molecule has 3 aromatic carbocycles. The second kappa shape index (κ2) is 17.3. The molecule has 0 aliphatic carbocycles. The van der Waals surface area contributed by atoms with Crippen LogP contribution in [0.2, 0.25) is 0 Å². The molecule has 2 amide bonds. The molecule has 0 spiro atoms. The summed E-state index contributed by atoms with van der Waals surface area (Å²) < 4.78 is 24.0. The van der Waals surface area contributed by atoms with Crippen LogP contribution >= 0.6 is 0 Å². The van der Waals surface area contributed by atoms with E-state index in [2.05, 4.69) is 22.5 Å². The van der Waals surface area contributed by atoms with Crippen LogP contribution < -0.4 is 10.6 Å². The fraction of sp³-hybridized carbons (Fsp3) is 0.475. The summed E-state index contributed by atoms with van der Waals surface area (Å²) in [7, 11) is 0. The van der Waals surface area contributed by atoms with Gasteiger partial charge in [-0.15, -0.1) is 0 Å². The van der Waals surface area contributed by atoms with Crippen LogP contribution in [0.5, 0.6) is 0 Å². The van der Waals surface area contributed by atoms with Crippen molar-refractivity contribution in [2.24, 2.45) is 5.92 Å². The Kier molecular flexibility index (Phi) is 12.9. The van der Waals surface area contributed by atoms with Gasteiger partial charge in [-0.25, -0.2) is 4.79 Å². The molecule has 274 valence electrons. The minimum absolute atomic E-state index is 0.0331. The van der Waals surface area contributed by atoms with Crippen molar-refractivity contribution in [2.45, 2.75) is 90.8 Å². The number of aliphatic hydroxyl groups is 1. The van der Waals surface area contributed by atoms with E-state index in [4.69, 9.17) is 18.9 Å². The Morgan fingerprint density at radius 3 is 2.33 bits per heavy atom. The van der Waals surface area contributed by atoms with Gasteiger partial charge in [0.1, 0.15) is 18.2 Å². The Morgan fingerprint density at radius 1 is 0.941 bits per heavy atom. The number of urea groups is 1. The molecule has 2 aliphatic heterocycles. The lowest BCUT2D eigenvalue weighted by atomic mass is 9.89. The minimum atomic E-state index is -0.662. The van der Waals surface area contributed by atoms with Gasteiger partial charge in [0.2, 0.25) is 0 Å². The van der Waals surface area contributed by atoms with Gasteiger partial charge in [0, 0.05) is 24.6 Å². The predicted octanol–water partition coefficient (Wildman–Crippen LogP) is 5.81. The average molecular weight is 702 g/mol. The van der Waals surface area contributed by atoms with Gasteiger partial charge in [-0.3, -0.25) is 14.5 Å². The highest BCUT2D eigenvalue weighted by Gasteiger charge is 2.42. The number of carbonyl (C=O) groups is 3. The number of ether oxygens (including phenoxy) is 4. The highest BCUT2D eigenvalue weighted by molar-refractivity contribution is 5.81. The predicted molar refractivity (Wildman–Crippen MR) is 192 cm³/mol. The first-order chi connectivity index (χ1) is 24.5. The van der Waals surface area contributed by atoms with Gasteiger partial charge in [-0.2, -0.15) is 0 Å². The van der Waals surface area contributed by atoms with Crippen LogP contribution in [0, 0.1) is 5.92 Å². The quantitative estimate of drug-likeness (QED) is 0.200. The van der Waals surface area contributed by atoms with Crippen molar-refractivity contribution in [1.82, 2.24) is 15.5 Å². The summed E-state index contributed by atoms with van der Waals surface area (Å²) in [5, 5.41) is 15.0. The van der Waals surface area contributed by atoms with Gasteiger partial charge in [-0.1, -0.05) is 79.7 Å². The highest BCUT2D eigenvalue weighted by atomic mass is 16.7. The molecule has 0 bridgehead atoms. The van der Waals surface area contributed by atoms with E-state index in [9.17, 15) is 19.5 Å². The largest absolute Gasteiger partial charge is 0.465 e. The highest BCUT2D eigenvalue weighted by Crippen LogP contribution is 2.42. The number of esters is 2. The molecule has 2 saturated heterocycles. The van der Waals surface area contributed by atoms with E-state index in [1.165, 1.54) is 0 Å². The molecule has 0 radical (unpaired) electrons. The van der Waals surface area contributed by atoms with Crippen LogP contribution in [-0.2, 0) is 41.7 Å². The first-order valence-corrected chi connectivity index (χ1v) is 17.8. The smallest absolute Gasteiger partial charge is 0.325 e. The molecule has 3 N–H and O–H groups in total. The number of nitrogens with one attached hydrogen (secondary N) is 2. The second-order valence-electron chi connectivity index (χ2n) is 14.1. The maximum Gasteiger partial charge on any atom is 0.325 e. The van der Waals surface area contributed by atoms with Gasteiger partial charge in [-0.05, 0) is 74.9 Å². The zero-order valence-electron chi connectivity index (χ0n) is 30.2. The Labute approximate surface area is 300 Å². The monoisotopic (exact) mass is 701 g/mol. The Balaban J connectivity index is 1.33. The number of hydrogen-bond donors (Lipinski definition) is 3. The lowest BCUT2D eigenvalue weighted by Gasteiger charge is -2.43. The van der Waals surface area contributed by atoms with Crippen LogP contribution in [0.1, 0.15) is 82.1 Å². The Morgan fingerprint density at radius 2 is 1.65 bits per heavy atom. The molecule has 11 nitrogen and oxygen atoms in total. The molecular weight excluding hydrogens is 650 g/mol. The van der Waals surface area contributed by atoms with Gasteiger partial charge >= 0.3 is 18.0 Å². The molecule has 3 aromatic rings. The number of rotatable bonds is 12. The van der Waals surface area contributed by atoms with E-state index in [1.807, 2.05) is 93.6 Å². The van der Waals surface area contributed by atoms with Crippen LogP contribution in [0.4, 0.5) is 4.79 Å². The summed E-state index contributed by atoms with van der Waals surface area (Å²) in [6.45, 7) is 11.1. The second-order valence-corrected chi connectivity index (χ2v) is 14.1. The first kappa shape index (κ1) is 38.0. The molecule has 5 rings (SSSR count). The summed E-state index contributed by atoms with van der Waals surface area (Å²) >= 11 is 0.